The van der Waals surface area contributed by atoms with Crippen LogP contribution in [0.4, 0.5) is 0 Å². The Kier molecular flexibility index (Phi) is 3.31. The van der Waals surface area contributed by atoms with Crippen LogP contribution in [0.2, 0.25) is 0 Å². The number of hydrogen-bond donors (Lipinski definition) is 1. The highest BCUT2D eigenvalue weighted by Crippen LogP contribution is 2.69. The van der Waals surface area contributed by atoms with Crippen molar-refractivity contribution in [3.63, 3.8) is 0 Å². The predicted molar refractivity (Wildman–Crippen MR) is 100 cm³/mol. The molecule has 1 spiro atoms. The summed E-state index contributed by atoms with van der Waals surface area (Å²) < 4.78 is 6.07. The molecule has 5 fully saturated rings. The summed E-state index contributed by atoms with van der Waals surface area (Å²) >= 11 is 0. The van der Waals surface area contributed by atoms with Crippen molar-refractivity contribution in [2.75, 3.05) is 7.11 Å². The maximum atomic E-state index is 10.7. The Morgan fingerprint density at radius 1 is 1.04 bits per heavy atom. The molecule has 1 saturated heterocycles. The molecule has 5 aliphatic carbocycles. The van der Waals surface area contributed by atoms with E-state index < -0.39 is 11.4 Å². The lowest BCUT2D eigenvalue weighted by Crippen LogP contribution is -2.76. The minimum absolute atomic E-state index is 0.274. The predicted octanol–water partition coefficient (Wildman–Crippen LogP) is 4.69. The van der Waals surface area contributed by atoms with E-state index in [1.54, 1.807) is 7.11 Å². The van der Waals surface area contributed by atoms with Crippen LogP contribution in [0.15, 0.2) is 36.4 Å². The third kappa shape index (κ3) is 1.94. The molecule has 4 bridgehead atoms. The van der Waals surface area contributed by atoms with E-state index in [1.165, 1.54) is 32.1 Å². The van der Waals surface area contributed by atoms with Crippen molar-refractivity contribution in [1.82, 2.24) is 0 Å². The fourth-order valence-corrected chi connectivity index (χ4v) is 6.99. The van der Waals surface area contributed by atoms with E-state index in [0.29, 0.717) is 11.8 Å². The second-order valence-corrected chi connectivity index (χ2v) is 9.11. The molecule has 0 aromatic heterocycles. The normalized spacial score (nSPS) is 44.0. The molecule has 0 radical (unpaired) electrons. The number of phenols is 1. The first-order chi connectivity index (χ1) is 13.2. The molecule has 1 aliphatic heterocycles. The highest BCUT2D eigenvalue weighted by Gasteiger charge is 2.76. The van der Waals surface area contributed by atoms with Crippen LogP contribution >= 0.6 is 0 Å². The lowest BCUT2D eigenvalue weighted by atomic mass is 9.47. The number of aromatic hydroxyl groups is 1. The van der Waals surface area contributed by atoms with Crippen molar-refractivity contribution < 1.29 is 19.6 Å². The van der Waals surface area contributed by atoms with Gasteiger partial charge in [-0.05, 0) is 73.8 Å². The maximum Gasteiger partial charge on any atom is 0.260 e. The van der Waals surface area contributed by atoms with E-state index in [2.05, 4.69) is 18.2 Å². The number of ether oxygens (including phenoxy) is 1. The average molecular weight is 366 g/mol. The summed E-state index contributed by atoms with van der Waals surface area (Å²) in [5.41, 5.74) is 2.39. The van der Waals surface area contributed by atoms with Gasteiger partial charge in [-0.3, -0.25) is 0 Å². The van der Waals surface area contributed by atoms with E-state index in [0.717, 1.165) is 35.0 Å². The summed E-state index contributed by atoms with van der Waals surface area (Å²) in [7, 11) is 1.71. The van der Waals surface area contributed by atoms with Gasteiger partial charge >= 0.3 is 0 Å². The van der Waals surface area contributed by atoms with E-state index >= 15 is 0 Å². The first-order valence-corrected chi connectivity index (χ1v) is 10.3. The molecule has 1 aromatic rings. The molecule has 6 aliphatic rings. The van der Waals surface area contributed by atoms with Crippen LogP contribution in [0.1, 0.15) is 49.7 Å². The summed E-state index contributed by atoms with van der Waals surface area (Å²) in [4.78, 5) is 11.8. The van der Waals surface area contributed by atoms with Crippen LogP contribution in [-0.2, 0) is 20.3 Å². The molecular weight excluding hydrogens is 340 g/mol. The standard InChI is InChI=1S/C23H26O4/c1-25-23(17-6-7-20(21(24)13-17)16-4-2-3-5-16)22(26-27-23)18-9-14-8-15(11-18)12-19(22)10-14/h2,4-7,13-15,18-19,24H,3,8-12H2,1H3. The van der Waals surface area contributed by atoms with Crippen LogP contribution < -0.4 is 0 Å². The number of hydrogen-bond acceptors (Lipinski definition) is 4. The third-order valence-corrected chi connectivity index (χ3v) is 7.91. The van der Waals surface area contributed by atoms with Crippen molar-refractivity contribution in [3.8, 4) is 5.75 Å². The zero-order valence-corrected chi connectivity index (χ0v) is 15.7. The number of allylic oxidation sites excluding steroid dienone is 4. The summed E-state index contributed by atoms with van der Waals surface area (Å²) in [5, 5.41) is 10.7. The summed E-state index contributed by atoms with van der Waals surface area (Å²) in [6.45, 7) is 0. The molecule has 4 saturated carbocycles. The molecule has 4 heteroatoms. The Bertz CT molecular complexity index is 822. The van der Waals surface area contributed by atoms with Gasteiger partial charge in [0.1, 0.15) is 5.75 Å². The largest absolute Gasteiger partial charge is 0.507 e. The van der Waals surface area contributed by atoms with Crippen LogP contribution in [-0.4, -0.2) is 17.8 Å². The SMILES string of the molecule is COC1(c2ccc(C3=CCC=C3)c(O)c2)OOC12C1CC3CC(C1)CC2C3. The topological polar surface area (TPSA) is 47.9 Å². The Balaban J connectivity index is 1.42. The smallest absolute Gasteiger partial charge is 0.260 e. The van der Waals surface area contributed by atoms with Crippen molar-refractivity contribution in [2.24, 2.45) is 23.7 Å². The lowest BCUT2D eigenvalue weighted by molar-refractivity contribution is -0.645. The van der Waals surface area contributed by atoms with Gasteiger partial charge in [-0.25, -0.2) is 4.89 Å². The fourth-order valence-electron chi connectivity index (χ4n) is 6.99. The van der Waals surface area contributed by atoms with Gasteiger partial charge in [0, 0.05) is 18.2 Å². The van der Waals surface area contributed by atoms with Gasteiger partial charge in [-0.1, -0.05) is 30.4 Å². The molecule has 1 unspecified atom stereocenters. The minimum Gasteiger partial charge on any atom is -0.507 e. The molecular formula is C23H26O4. The quantitative estimate of drug-likeness (QED) is 0.789. The highest BCUT2D eigenvalue weighted by molar-refractivity contribution is 5.79. The van der Waals surface area contributed by atoms with Gasteiger partial charge in [-0.2, -0.15) is 4.89 Å². The Morgan fingerprint density at radius 3 is 2.30 bits per heavy atom. The Morgan fingerprint density at radius 2 is 1.78 bits per heavy atom. The lowest BCUT2D eigenvalue weighted by Gasteiger charge is -2.68. The highest BCUT2D eigenvalue weighted by atomic mass is 17.3. The van der Waals surface area contributed by atoms with Crippen LogP contribution in [0, 0.1) is 23.7 Å². The van der Waals surface area contributed by atoms with Gasteiger partial charge in [0.05, 0.1) is 0 Å². The van der Waals surface area contributed by atoms with Crippen LogP contribution in [0.5, 0.6) is 5.75 Å². The maximum absolute atomic E-state index is 10.7. The van der Waals surface area contributed by atoms with Gasteiger partial charge in [-0.15, -0.1) is 0 Å². The molecule has 7 rings (SSSR count). The minimum atomic E-state index is -0.911. The monoisotopic (exact) mass is 366 g/mol. The van der Waals surface area contributed by atoms with Crippen molar-refractivity contribution in [1.29, 1.82) is 0 Å². The average Bonchev–Trinajstić information content (AvgIpc) is 3.15. The van der Waals surface area contributed by atoms with E-state index in [-0.39, 0.29) is 5.75 Å². The summed E-state index contributed by atoms with van der Waals surface area (Å²) in [5.74, 6) is 2.00. The van der Waals surface area contributed by atoms with Gasteiger partial charge in [0.2, 0.25) is 0 Å². The Labute approximate surface area is 159 Å². The van der Waals surface area contributed by atoms with Gasteiger partial charge < -0.3 is 9.84 Å². The fraction of sp³-hybridized carbons (Fsp3) is 0.565. The molecule has 1 heterocycles. The third-order valence-electron chi connectivity index (χ3n) is 7.91. The number of methoxy groups -OCH3 is 1. The number of benzene rings is 1. The number of rotatable bonds is 3. The number of phenolic OH excluding ortho intramolecular Hbond substituents is 1. The van der Waals surface area contributed by atoms with Crippen molar-refractivity contribution >= 4 is 5.57 Å². The van der Waals surface area contributed by atoms with Crippen molar-refractivity contribution in [3.05, 3.63) is 47.6 Å². The van der Waals surface area contributed by atoms with Gasteiger partial charge in [0.25, 0.3) is 5.79 Å². The molecule has 1 atom stereocenters. The second-order valence-electron chi connectivity index (χ2n) is 9.11. The zero-order valence-electron chi connectivity index (χ0n) is 15.7. The molecule has 142 valence electrons. The van der Waals surface area contributed by atoms with E-state index in [1.807, 2.05) is 18.2 Å². The molecule has 1 aromatic carbocycles. The first kappa shape index (κ1) is 16.3. The van der Waals surface area contributed by atoms with Crippen LogP contribution in [0.3, 0.4) is 0 Å². The van der Waals surface area contributed by atoms with Crippen molar-refractivity contribution in [2.45, 2.75) is 49.9 Å². The molecule has 27 heavy (non-hydrogen) atoms. The second kappa shape index (κ2) is 5.47. The molecule has 0 amide bonds. The molecule has 1 N–H and O–H groups in total. The van der Waals surface area contributed by atoms with Gasteiger partial charge in [0.15, 0.2) is 5.60 Å². The summed E-state index contributed by atoms with van der Waals surface area (Å²) in [6, 6.07) is 5.85. The van der Waals surface area contributed by atoms with E-state index in [4.69, 9.17) is 14.5 Å². The zero-order chi connectivity index (χ0) is 18.2. The van der Waals surface area contributed by atoms with E-state index in [9.17, 15) is 5.11 Å². The first-order valence-electron chi connectivity index (χ1n) is 10.3. The Hall–Kier alpha value is -1.62. The van der Waals surface area contributed by atoms with Crippen LogP contribution in [0.25, 0.3) is 5.57 Å². The molecule has 4 nitrogen and oxygen atoms in total. The summed E-state index contributed by atoms with van der Waals surface area (Å²) in [6.07, 6.45) is 13.4.